The summed E-state index contributed by atoms with van der Waals surface area (Å²) in [7, 11) is 0. The van der Waals surface area contributed by atoms with E-state index in [4.69, 9.17) is 10.00 Å². The van der Waals surface area contributed by atoms with E-state index in [1.807, 2.05) is 6.07 Å². The third-order valence-corrected chi connectivity index (χ3v) is 2.83. The van der Waals surface area contributed by atoms with E-state index >= 15 is 0 Å². The van der Waals surface area contributed by atoms with Gasteiger partial charge in [-0.05, 0) is 31.9 Å². The number of pyridine rings is 1. The summed E-state index contributed by atoms with van der Waals surface area (Å²) in [4.78, 5) is 15.9. The van der Waals surface area contributed by atoms with Crippen molar-refractivity contribution in [1.29, 1.82) is 5.26 Å². The quantitative estimate of drug-likeness (QED) is 0.836. The Hall–Kier alpha value is -1.93. The van der Waals surface area contributed by atoms with Crippen molar-refractivity contribution < 1.29 is 9.53 Å². The molecule has 0 aromatic carbocycles. The fourth-order valence-corrected chi connectivity index (χ4v) is 1.74. The molecule has 1 saturated heterocycles. The van der Waals surface area contributed by atoms with Crippen LogP contribution in [-0.2, 0) is 9.53 Å². The minimum atomic E-state index is -0.754. The van der Waals surface area contributed by atoms with Gasteiger partial charge in [-0.3, -0.25) is 4.79 Å². The van der Waals surface area contributed by atoms with E-state index in [9.17, 15) is 4.79 Å². The molecule has 0 aliphatic carbocycles. The highest BCUT2D eigenvalue weighted by atomic mass is 16.5. The fourth-order valence-electron chi connectivity index (χ4n) is 1.74. The van der Waals surface area contributed by atoms with Crippen LogP contribution in [0.15, 0.2) is 18.3 Å². The number of carbonyl (C=O) groups is 1. The van der Waals surface area contributed by atoms with E-state index in [-0.39, 0.29) is 5.91 Å². The number of ether oxygens (including phenoxy) is 1. The molecule has 5 heteroatoms. The first kappa shape index (κ1) is 11.6. The summed E-state index contributed by atoms with van der Waals surface area (Å²) >= 11 is 0. The Morgan fingerprint density at radius 2 is 2.47 bits per heavy atom. The Balaban J connectivity index is 2.05. The van der Waals surface area contributed by atoms with Gasteiger partial charge >= 0.3 is 0 Å². The van der Waals surface area contributed by atoms with Gasteiger partial charge in [-0.1, -0.05) is 0 Å². The van der Waals surface area contributed by atoms with E-state index < -0.39 is 5.60 Å². The highest BCUT2D eigenvalue weighted by molar-refractivity contribution is 5.96. The van der Waals surface area contributed by atoms with Gasteiger partial charge in [-0.2, -0.15) is 5.26 Å². The van der Waals surface area contributed by atoms with E-state index in [1.54, 1.807) is 19.1 Å². The van der Waals surface area contributed by atoms with Gasteiger partial charge in [-0.25, -0.2) is 4.98 Å². The van der Waals surface area contributed by atoms with Crippen LogP contribution in [-0.4, -0.2) is 23.1 Å². The number of anilines is 1. The molecule has 1 unspecified atom stereocenters. The Labute approximate surface area is 99.4 Å². The van der Waals surface area contributed by atoms with Gasteiger partial charge in [0.1, 0.15) is 17.5 Å². The molecule has 1 aromatic heterocycles. The first-order valence-electron chi connectivity index (χ1n) is 5.46. The van der Waals surface area contributed by atoms with E-state index in [1.165, 1.54) is 6.20 Å². The van der Waals surface area contributed by atoms with Crippen LogP contribution < -0.4 is 5.32 Å². The molecular formula is C12H13N3O2. The second-order valence-corrected chi connectivity index (χ2v) is 4.18. The predicted molar refractivity (Wildman–Crippen MR) is 61.2 cm³/mol. The molecule has 1 fully saturated rings. The Morgan fingerprint density at radius 1 is 1.65 bits per heavy atom. The number of hydrogen-bond acceptors (Lipinski definition) is 4. The number of nitrogens with zero attached hydrogens (tertiary/aromatic N) is 2. The smallest absolute Gasteiger partial charge is 0.257 e. The number of amides is 1. The maximum Gasteiger partial charge on any atom is 0.257 e. The van der Waals surface area contributed by atoms with Crippen LogP contribution in [0.1, 0.15) is 25.3 Å². The molecule has 1 aliphatic heterocycles. The monoisotopic (exact) mass is 231 g/mol. The number of carbonyl (C=O) groups excluding carboxylic acids is 1. The fraction of sp³-hybridized carbons (Fsp3) is 0.417. The molecule has 2 heterocycles. The van der Waals surface area contributed by atoms with E-state index in [0.717, 1.165) is 12.8 Å². The van der Waals surface area contributed by atoms with Gasteiger partial charge in [0, 0.05) is 12.8 Å². The molecule has 0 spiro atoms. The molecule has 2 rings (SSSR count). The second kappa shape index (κ2) is 4.52. The summed E-state index contributed by atoms with van der Waals surface area (Å²) in [6.07, 6.45) is 3.04. The molecule has 1 aromatic rings. The molecule has 0 saturated carbocycles. The lowest BCUT2D eigenvalue weighted by molar-refractivity contribution is -0.133. The average Bonchev–Trinajstić information content (AvgIpc) is 2.78. The molecule has 88 valence electrons. The third-order valence-electron chi connectivity index (χ3n) is 2.83. The van der Waals surface area contributed by atoms with Gasteiger partial charge in [0.05, 0.1) is 5.56 Å². The largest absolute Gasteiger partial charge is 0.365 e. The van der Waals surface area contributed by atoms with Crippen molar-refractivity contribution in [3.05, 3.63) is 23.9 Å². The molecule has 1 aliphatic rings. The molecular weight excluding hydrogens is 218 g/mol. The second-order valence-electron chi connectivity index (χ2n) is 4.18. The molecule has 0 radical (unpaired) electrons. The highest BCUT2D eigenvalue weighted by Crippen LogP contribution is 2.26. The lowest BCUT2D eigenvalue weighted by Crippen LogP contribution is -2.39. The maximum atomic E-state index is 11.9. The summed E-state index contributed by atoms with van der Waals surface area (Å²) in [6.45, 7) is 2.39. The van der Waals surface area contributed by atoms with E-state index in [0.29, 0.717) is 18.0 Å². The van der Waals surface area contributed by atoms with Crippen LogP contribution >= 0.6 is 0 Å². The zero-order valence-electron chi connectivity index (χ0n) is 9.56. The SMILES string of the molecule is CC1(C(=O)Nc2ccc(C#N)cn2)CCCO1. The normalized spacial score (nSPS) is 23.1. The molecule has 17 heavy (non-hydrogen) atoms. The Bertz CT molecular complexity index is 456. The van der Waals surface area contributed by atoms with Crippen LogP contribution in [0.4, 0.5) is 5.82 Å². The minimum Gasteiger partial charge on any atom is -0.365 e. The topological polar surface area (TPSA) is 75.0 Å². The van der Waals surface area contributed by atoms with Gasteiger partial charge in [0.2, 0.25) is 0 Å². The van der Waals surface area contributed by atoms with E-state index in [2.05, 4.69) is 10.3 Å². The zero-order chi connectivity index (χ0) is 12.3. The standard InChI is InChI=1S/C12H13N3O2/c1-12(5-2-6-17-12)11(16)15-10-4-3-9(7-13)8-14-10/h3-4,8H,2,5-6H2,1H3,(H,14,15,16). The number of aromatic nitrogens is 1. The van der Waals surface area contributed by atoms with Crippen molar-refractivity contribution in [2.45, 2.75) is 25.4 Å². The first-order chi connectivity index (χ1) is 8.14. The first-order valence-corrected chi connectivity index (χ1v) is 5.46. The third kappa shape index (κ3) is 2.43. The molecule has 0 bridgehead atoms. The Kier molecular flexibility index (Phi) is 3.07. The number of nitrogens with one attached hydrogen (secondary N) is 1. The summed E-state index contributed by atoms with van der Waals surface area (Å²) < 4.78 is 5.43. The van der Waals surface area contributed by atoms with Gasteiger partial charge in [0.15, 0.2) is 0 Å². The van der Waals surface area contributed by atoms with Crippen molar-refractivity contribution in [3.63, 3.8) is 0 Å². The molecule has 1 amide bonds. The summed E-state index contributed by atoms with van der Waals surface area (Å²) in [6, 6.07) is 5.19. The summed E-state index contributed by atoms with van der Waals surface area (Å²) in [5.74, 6) is 0.248. The van der Waals surface area contributed by atoms with Gasteiger partial charge < -0.3 is 10.1 Å². The van der Waals surface area contributed by atoms with Crippen molar-refractivity contribution in [1.82, 2.24) is 4.98 Å². The van der Waals surface area contributed by atoms with Crippen LogP contribution in [0.3, 0.4) is 0 Å². The number of nitriles is 1. The van der Waals surface area contributed by atoms with Crippen LogP contribution in [0.2, 0.25) is 0 Å². The predicted octanol–water partition coefficient (Wildman–Crippen LogP) is 1.46. The van der Waals surface area contributed by atoms with Crippen molar-refractivity contribution in [2.75, 3.05) is 11.9 Å². The summed E-state index contributed by atoms with van der Waals surface area (Å²) in [5.41, 5.74) is -0.290. The number of rotatable bonds is 2. The number of hydrogen-bond donors (Lipinski definition) is 1. The lowest BCUT2D eigenvalue weighted by atomic mass is 10.0. The van der Waals surface area contributed by atoms with Crippen molar-refractivity contribution >= 4 is 11.7 Å². The minimum absolute atomic E-state index is 0.188. The lowest BCUT2D eigenvalue weighted by Gasteiger charge is -2.21. The zero-order valence-corrected chi connectivity index (χ0v) is 9.56. The molecule has 1 atom stereocenters. The van der Waals surface area contributed by atoms with Gasteiger partial charge in [-0.15, -0.1) is 0 Å². The van der Waals surface area contributed by atoms with Crippen molar-refractivity contribution in [3.8, 4) is 6.07 Å². The van der Waals surface area contributed by atoms with Crippen LogP contribution in [0.25, 0.3) is 0 Å². The van der Waals surface area contributed by atoms with Crippen LogP contribution in [0.5, 0.6) is 0 Å². The molecule has 5 nitrogen and oxygen atoms in total. The molecule has 1 N–H and O–H groups in total. The van der Waals surface area contributed by atoms with Gasteiger partial charge in [0.25, 0.3) is 5.91 Å². The summed E-state index contributed by atoms with van der Waals surface area (Å²) in [5, 5.41) is 11.3. The maximum absolute atomic E-state index is 11.9. The Morgan fingerprint density at radius 3 is 3.00 bits per heavy atom. The van der Waals surface area contributed by atoms with Crippen molar-refractivity contribution in [2.24, 2.45) is 0 Å². The van der Waals surface area contributed by atoms with Crippen LogP contribution in [0, 0.1) is 11.3 Å². The highest BCUT2D eigenvalue weighted by Gasteiger charge is 2.37. The average molecular weight is 231 g/mol.